The molecule has 1 fully saturated rings. The average Bonchev–Trinajstić information content (AvgIpc) is 3.09. The summed E-state index contributed by atoms with van der Waals surface area (Å²) in [6.07, 6.45) is 10.1. The van der Waals surface area contributed by atoms with Gasteiger partial charge >= 0.3 is 0 Å². The Morgan fingerprint density at radius 3 is 2.89 bits per heavy atom. The van der Waals surface area contributed by atoms with Crippen LogP contribution in [0.25, 0.3) is 0 Å². The van der Waals surface area contributed by atoms with Crippen molar-refractivity contribution in [3.8, 4) is 0 Å². The van der Waals surface area contributed by atoms with E-state index in [0.717, 1.165) is 11.5 Å². The molecule has 0 spiro atoms. The maximum Gasteiger partial charge on any atom is 0.142 e. The normalized spacial score (nSPS) is 16.9. The number of nitrogens with zero attached hydrogens (tertiary/aromatic N) is 5. The van der Waals surface area contributed by atoms with Crippen LogP contribution in [0.3, 0.4) is 0 Å². The number of halogens is 1. The first-order chi connectivity index (χ1) is 9.36. The summed E-state index contributed by atoms with van der Waals surface area (Å²) in [7, 11) is 0. The molecule has 0 saturated heterocycles. The fourth-order valence-corrected chi connectivity index (χ4v) is 2.89. The van der Waals surface area contributed by atoms with Gasteiger partial charge in [0.15, 0.2) is 0 Å². The van der Waals surface area contributed by atoms with Crippen LogP contribution in [0.4, 0.5) is 0 Å². The number of aromatic nitrogens is 5. The van der Waals surface area contributed by atoms with Crippen LogP contribution >= 0.6 is 11.6 Å². The molecule has 19 heavy (non-hydrogen) atoms. The molecule has 2 heterocycles. The van der Waals surface area contributed by atoms with E-state index in [1.54, 1.807) is 4.68 Å². The van der Waals surface area contributed by atoms with E-state index in [-0.39, 0.29) is 0 Å². The minimum atomic E-state index is 0.378. The van der Waals surface area contributed by atoms with Gasteiger partial charge in [0, 0.05) is 6.20 Å². The molecule has 0 aromatic carbocycles. The molecule has 2 aromatic heterocycles. The molecule has 0 N–H and O–H groups in total. The zero-order chi connectivity index (χ0) is 13.1. The van der Waals surface area contributed by atoms with Crippen molar-refractivity contribution in [2.45, 2.75) is 50.6 Å². The second-order valence-electron chi connectivity index (χ2n) is 5.05. The van der Waals surface area contributed by atoms with Gasteiger partial charge in [-0.15, -0.1) is 11.6 Å². The molecule has 1 saturated carbocycles. The highest BCUT2D eigenvalue weighted by Crippen LogP contribution is 2.27. The predicted molar refractivity (Wildman–Crippen MR) is 73.0 cm³/mol. The predicted octanol–water partition coefficient (Wildman–Crippen LogP) is 2.77. The van der Waals surface area contributed by atoms with Crippen LogP contribution in [0, 0.1) is 0 Å². The third-order valence-corrected chi connectivity index (χ3v) is 3.98. The largest absolute Gasteiger partial charge is 0.269 e. The summed E-state index contributed by atoms with van der Waals surface area (Å²) in [5, 5.41) is 8.85. The summed E-state index contributed by atoms with van der Waals surface area (Å²) in [6, 6.07) is 2.64. The molecule has 0 aliphatic heterocycles. The van der Waals surface area contributed by atoms with Crippen molar-refractivity contribution in [2.75, 3.05) is 0 Å². The van der Waals surface area contributed by atoms with Gasteiger partial charge in [-0.3, -0.25) is 4.68 Å². The van der Waals surface area contributed by atoms with Crippen molar-refractivity contribution in [1.82, 2.24) is 24.5 Å². The lowest BCUT2D eigenvalue weighted by molar-refractivity contribution is 0.327. The number of hydrogen-bond donors (Lipinski definition) is 0. The summed E-state index contributed by atoms with van der Waals surface area (Å²) in [4.78, 5) is 4.11. The molecule has 1 aliphatic rings. The fourth-order valence-electron chi connectivity index (χ4n) is 2.69. The second kappa shape index (κ2) is 5.74. The number of rotatable bonds is 4. The van der Waals surface area contributed by atoms with E-state index in [0.29, 0.717) is 18.5 Å². The highest BCUT2D eigenvalue weighted by Gasteiger charge is 2.16. The standard InChI is InChI=1S/C13H18ClN5/c14-8-13-15-10-16-19(13)9-11-6-7-18(17-11)12-4-2-1-3-5-12/h6-7,10,12H,1-5,8-9H2. The average molecular weight is 280 g/mol. The van der Waals surface area contributed by atoms with Crippen molar-refractivity contribution in [2.24, 2.45) is 0 Å². The fraction of sp³-hybridized carbons (Fsp3) is 0.615. The summed E-state index contributed by atoms with van der Waals surface area (Å²) >= 11 is 5.82. The summed E-state index contributed by atoms with van der Waals surface area (Å²) in [6.45, 7) is 0.641. The minimum absolute atomic E-state index is 0.378. The Kier molecular flexibility index (Phi) is 3.82. The van der Waals surface area contributed by atoms with Gasteiger partial charge in [-0.25, -0.2) is 9.67 Å². The quantitative estimate of drug-likeness (QED) is 0.809. The molecule has 0 atom stereocenters. The molecular formula is C13H18ClN5. The lowest BCUT2D eigenvalue weighted by atomic mass is 9.96. The van der Waals surface area contributed by atoms with Crippen LogP contribution in [-0.2, 0) is 12.4 Å². The van der Waals surface area contributed by atoms with Crippen molar-refractivity contribution >= 4 is 11.6 Å². The smallest absolute Gasteiger partial charge is 0.142 e. The number of alkyl halides is 1. The van der Waals surface area contributed by atoms with Gasteiger partial charge in [0.25, 0.3) is 0 Å². The van der Waals surface area contributed by atoms with Gasteiger partial charge in [0.1, 0.15) is 12.2 Å². The van der Waals surface area contributed by atoms with E-state index in [1.165, 1.54) is 38.4 Å². The molecule has 0 bridgehead atoms. The van der Waals surface area contributed by atoms with Crippen molar-refractivity contribution < 1.29 is 0 Å². The molecule has 3 rings (SSSR count). The van der Waals surface area contributed by atoms with Crippen molar-refractivity contribution in [3.05, 3.63) is 30.1 Å². The minimum Gasteiger partial charge on any atom is -0.269 e. The zero-order valence-corrected chi connectivity index (χ0v) is 11.6. The van der Waals surface area contributed by atoms with Gasteiger partial charge in [-0.1, -0.05) is 19.3 Å². The first-order valence-corrected chi connectivity index (χ1v) is 7.37. The van der Waals surface area contributed by atoms with Crippen LogP contribution in [0.2, 0.25) is 0 Å². The summed E-state index contributed by atoms with van der Waals surface area (Å²) in [5.41, 5.74) is 1.02. The van der Waals surface area contributed by atoms with Crippen LogP contribution < -0.4 is 0 Å². The Morgan fingerprint density at radius 2 is 2.11 bits per heavy atom. The van der Waals surface area contributed by atoms with Gasteiger partial charge in [-0.05, 0) is 18.9 Å². The molecule has 0 unspecified atom stereocenters. The Labute approximate surface area is 117 Å². The molecule has 1 aliphatic carbocycles. The molecular weight excluding hydrogens is 262 g/mol. The first kappa shape index (κ1) is 12.7. The molecule has 0 radical (unpaired) electrons. The molecule has 6 heteroatoms. The maximum absolute atomic E-state index is 5.82. The topological polar surface area (TPSA) is 48.5 Å². The monoisotopic (exact) mass is 279 g/mol. The Hall–Kier alpha value is -1.36. The zero-order valence-electron chi connectivity index (χ0n) is 10.9. The highest BCUT2D eigenvalue weighted by atomic mass is 35.5. The Bertz CT molecular complexity index is 527. The third kappa shape index (κ3) is 2.81. The lowest BCUT2D eigenvalue weighted by Gasteiger charge is -2.21. The Balaban J connectivity index is 1.70. The summed E-state index contributed by atoms with van der Waals surface area (Å²) in [5.74, 6) is 1.16. The van der Waals surface area contributed by atoms with E-state index in [4.69, 9.17) is 11.6 Å². The van der Waals surface area contributed by atoms with Gasteiger partial charge in [-0.2, -0.15) is 10.2 Å². The van der Waals surface area contributed by atoms with Crippen molar-refractivity contribution in [1.29, 1.82) is 0 Å². The molecule has 5 nitrogen and oxygen atoms in total. The van der Waals surface area contributed by atoms with E-state index in [1.807, 2.05) is 0 Å². The number of hydrogen-bond acceptors (Lipinski definition) is 3. The van der Waals surface area contributed by atoms with E-state index in [9.17, 15) is 0 Å². The van der Waals surface area contributed by atoms with E-state index >= 15 is 0 Å². The van der Waals surface area contributed by atoms with Crippen LogP contribution in [0.15, 0.2) is 18.6 Å². The first-order valence-electron chi connectivity index (χ1n) is 6.83. The second-order valence-corrected chi connectivity index (χ2v) is 5.31. The van der Waals surface area contributed by atoms with Gasteiger partial charge in [0.05, 0.1) is 24.2 Å². The van der Waals surface area contributed by atoms with Crippen LogP contribution in [0.1, 0.15) is 49.7 Å². The van der Waals surface area contributed by atoms with Gasteiger partial charge < -0.3 is 0 Å². The van der Waals surface area contributed by atoms with E-state index < -0.39 is 0 Å². The Morgan fingerprint density at radius 1 is 1.26 bits per heavy atom. The highest BCUT2D eigenvalue weighted by molar-refractivity contribution is 6.16. The molecule has 102 valence electrons. The SMILES string of the molecule is ClCc1ncnn1Cc1ccn(C2CCCCC2)n1. The van der Waals surface area contributed by atoms with Crippen LogP contribution in [-0.4, -0.2) is 24.5 Å². The summed E-state index contributed by atoms with van der Waals surface area (Å²) < 4.78 is 3.92. The molecule has 2 aromatic rings. The maximum atomic E-state index is 5.82. The van der Waals surface area contributed by atoms with Crippen molar-refractivity contribution in [3.63, 3.8) is 0 Å². The molecule has 0 amide bonds. The lowest BCUT2D eigenvalue weighted by Crippen LogP contribution is -2.14. The van der Waals surface area contributed by atoms with E-state index in [2.05, 4.69) is 32.1 Å². The van der Waals surface area contributed by atoms with Crippen LogP contribution in [0.5, 0.6) is 0 Å². The van der Waals surface area contributed by atoms with Gasteiger partial charge in [0.2, 0.25) is 0 Å². The third-order valence-electron chi connectivity index (χ3n) is 3.74.